The van der Waals surface area contributed by atoms with Crippen molar-refractivity contribution >= 4 is 33.6 Å². The van der Waals surface area contributed by atoms with Crippen LogP contribution in [-0.2, 0) is 16.0 Å². The predicted octanol–water partition coefficient (Wildman–Crippen LogP) is 4.23. The van der Waals surface area contributed by atoms with Gasteiger partial charge in [0.15, 0.2) is 6.04 Å². The van der Waals surface area contributed by atoms with E-state index >= 15 is 0 Å². The first-order valence-electron chi connectivity index (χ1n) is 9.65. The molecule has 1 unspecified atom stereocenters. The smallest absolute Gasteiger partial charge is 0.334 e. The number of fused-ring (bicyclic) bond motifs is 4. The van der Waals surface area contributed by atoms with Gasteiger partial charge in [-0.25, -0.2) is 4.79 Å². The lowest BCUT2D eigenvalue weighted by molar-refractivity contribution is -0.146. The van der Waals surface area contributed by atoms with Gasteiger partial charge in [0.2, 0.25) is 0 Å². The first-order chi connectivity index (χ1) is 14.2. The molecule has 1 N–H and O–H groups in total. The molecule has 5 nitrogen and oxygen atoms in total. The molecule has 5 heteroatoms. The van der Waals surface area contributed by atoms with Crippen LogP contribution in [0.3, 0.4) is 0 Å². The van der Waals surface area contributed by atoms with Crippen molar-refractivity contribution in [3.8, 4) is 0 Å². The summed E-state index contributed by atoms with van der Waals surface area (Å²) in [5.74, 6) is -0.604. The van der Waals surface area contributed by atoms with Crippen molar-refractivity contribution in [2.24, 2.45) is 0 Å². The highest BCUT2D eigenvalue weighted by Gasteiger charge is 2.39. The number of nitrogens with zero attached hydrogens (tertiary/aromatic N) is 1. The van der Waals surface area contributed by atoms with E-state index in [1.807, 2.05) is 66.7 Å². The molecule has 0 spiro atoms. The van der Waals surface area contributed by atoms with Crippen LogP contribution in [0.15, 0.2) is 66.7 Å². The Balaban J connectivity index is 1.64. The molecule has 0 fully saturated rings. The van der Waals surface area contributed by atoms with Gasteiger partial charge in [-0.05, 0) is 34.9 Å². The molecule has 0 saturated carbocycles. The molecule has 0 radical (unpaired) electrons. The third-order valence-corrected chi connectivity index (χ3v) is 5.74. The van der Waals surface area contributed by atoms with Gasteiger partial charge in [0.05, 0.1) is 12.8 Å². The van der Waals surface area contributed by atoms with Crippen LogP contribution < -0.4 is 0 Å². The van der Waals surface area contributed by atoms with Crippen molar-refractivity contribution in [1.29, 1.82) is 0 Å². The summed E-state index contributed by atoms with van der Waals surface area (Å²) >= 11 is 0. The average Bonchev–Trinajstić information content (AvgIpc) is 3.15. The van der Waals surface area contributed by atoms with Crippen LogP contribution in [-0.4, -0.2) is 35.4 Å². The lowest BCUT2D eigenvalue weighted by Crippen LogP contribution is -2.44. The molecule has 0 saturated heterocycles. The van der Waals surface area contributed by atoms with Crippen LogP contribution in [0.5, 0.6) is 0 Å². The van der Waals surface area contributed by atoms with E-state index in [1.165, 1.54) is 7.11 Å². The number of H-pyrrole nitrogens is 1. The van der Waals surface area contributed by atoms with Crippen LogP contribution in [0.25, 0.3) is 21.7 Å². The summed E-state index contributed by atoms with van der Waals surface area (Å²) in [4.78, 5) is 31.3. The molecular weight excluding hydrogens is 364 g/mol. The van der Waals surface area contributed by atoms with E-state index in [2.05, 4.69) is 4.98 Å². The molecule has 4 aromatic rings. The Hall–Kier alpha value is -3.60. The summed E-state index contributed by atoms with van der Waals surface area (Å²) < 4.78 is 5.09. The molecule has 0 bridgehead atoms. The molecule has 0 aliphatic carbocycles. The summed E-state index contributed by atoms with van der Waals surface area (Å²) in [5.41, 5.74) is 3.39. The minimum absolute atomic E-state index is 0.165. The highest BCUT2D eigenvalue weighted by Crippen LogP contribution is 2.36. The number of rotatable bonds is 2. The molecule has 2 heterocycles. The van der Waals surface area contributed by atoms with Gasteiger partial charge in [0.1, 0.15) is 0 Å². The maximum Gasteiger partial charge on any atom is 0.334 e. The SMILES string of the molecule is COC(=O)C1c2[nH]c3ccccc3c2CCN1C(=O)c1cccc2ccccc12. The van der Waals surface area contributed by atoms with Crippen molar-refractivity contribution in [3.05, 3.63) is 83.6 Å². The Kier molecular flexibility index (Phi) is 4.09. The number of hydrogen-bond acceptors (Lipinski definition) is 3. The lowest BCUT2D eigenvalue weighted by atomic mass is 9.95. The number of carbonyl (C=O) groups is 2. The number of amides is 1. The molecule has 5 rings (SSSR count). The number of ether oxygens (including phenoxy) is 1. The van der Waals surface area contributed by atoms with Crippen LogP contribution in [0.4, 0.5) is 0 Å². The molecule has 1 aliphatic rings. The zero-order valence-electron chi connectivity index (χ0n) is 16.0. The summed E-state index contributed by atoms with van der Waals surface area (Å²) in [5, 5.41) is 2.97. The molecule has 1 aliphatic heterocycles. The zero-order valence-corrected chi connectivity index (χ0v) is 16.0. The summed E-state index contributed by atoms with van der Waals surface area (Å²) in [6.07, 6.45) is 0.684. The van der Waals surface area contributed by atoms with Crippen LogP contribution in [0.1, 0.15) is 27.7 Å². The topological polar surface area (TPSA) is 62.4 Å². The fourth-order valence-corrected chi connectivity index (χ4v) is 4.38. The quantitative estimate of drug-likeness (QED) is 0.526. The number of nitrogens with one attached hydrogen (secondary N) is 1. The van der Waals surface area contributed by atoms with Gasteiger partial charge in [-0.2, -0.15) is 0 Å². The average molecular weight is 384 g/mol. The molecule has 144 valence electrons. The Morgan fingerprint density at radius 3 is 2.52 bits per heavy atom. The first kappa shape index (κ1) is 17.5. The van der Waals surface area contributed by atoms with E-state index in [-0.39, 0.29) is 5.91 Å². The largest absolute Gasteiger partial charge is 0.467 e. The van der Waals surface area contributed by atoms with Crippen LogP contribution >= 0.6 is 0 Å². The second kappa shape index (κ2) is 6.78. The predicted molar refractivity (Wildman–Crippen MR) is 112 cm³/mol. The zero-order chi connectivity index (χ0) is 20.0. The Morgan fingerprint density at radius 1 is 0.966 bits per heavy atom. The van der Waals surface area contributed by atoms with Crippen LogP contribution in [0.2, 0.25) is 0 Å². The van der Waals surface area contributed by atoms with Crippen molar-refractivity contribution < 1.29 is 14.3 Å². The van der Waals surface area contributed by atoms with E-state index in [0.29, 0.717) is 18.5 Å². The van der Waals surface area contributed by atoms with E-state index in [0.717, 1.165) is 32.9 Å². The molecule has 1 aromatic heterocycles. The normalized spacial score (nSPS) is 16.0. The van der Waals surface area contributed by atoms with Gasteiger partial charge < -0.3 is 14.6 Å². The van der Waals surface area contributed by atoms with Crippen molar-refractivity contribution in [2.75, 3.05) is 13.7 Å². The monoisotopic (exact) mass is 384 g/mol. The number of aromatic amines is 1. The van der Waals surface area contributed by atoms with Gasteiger partial charge in [-0.1, -0.05) is 54.6 Å². The third-order valence-electron chi connectivity index (χ3n) is 5.74. The molecular formula is C24H20N2O3. The molecule has 1 atom stereocenters. The van der Waals surface area contributed by atoms with Crippen molar-refractivity contribution in [3.63, 3.8) is 0 Å². The summed E-state index contributed by atoms with van der Waals surface area (Å²) in [6.45, 7) is 0.455. The van der Waals surface area contributed by atoms with Crippen molar-refractivity contribution in [2.45, 2.75) is 12.5 Å². The lowest BCUT2D eigenvalue weighted by Gasteiger charge is -2.34. The number of methoxy groups -OCH3 is 1. The fraction of sp³-hybridized carbons (Fsp3) is 0.167. The molecule has 3 aromatic carbocycles. The standard InChI is InChI=1S/C24H20N2O3/c1-29-24(28)22-21-18(17-10-4-5-12-20(17)25-21)13-14-26(22)23(27)19-11-6-8-15-7-2-3-9-16(15)19/h2-12,22,25H,13-14H2,1H3. The number of carbonyl (C=O) groups excluding carboxylic acids is 2. The van der Waals surface area contributed by atoms with Gasteiger partial charge in [0, 0.05) is 23.0 Å². The van der Waals surface area contributed by atoms with Crippen molar-refractivity contribution in [1.82, 2.24) is 9.88 Å². The Labute approximate surface area is 167 Å². The second-order valence-corrected chi connectivity index (χ2v) is 7.26. The van der Waals surface area contributed by atoms with E-state index < -0.39 is 12.0 Å². The highest BCUT2D eigenvalue weighted by atomic mass is 16.5. The number of hydrogen-bond donors (Lipinski definition) is 1. The maximum atomic E-state index is 13.6. The van der Waals surface area contributed by atoms with Gasteiger partial charge in [-0.15, -0.1) is 0 Å². The number of esters is 1. The van der Waals surface area contributed by atoms with Gasteiger partial charge >= 0.3 is 5.97 Å². The first-order valence-corrected chi connectivity index (χ1v) is 9.65. The number of aromatic nitrogens is 1. The molecule has 1 amide bonds. The van der Waals surface area contributed by atoms with E-state index in [1.54, 1.807) is 4.90 Å². The number of para-hydroxylation sites is 1. The highest BCUT2D eigenvalue weighted by molar-refractivity contribution is 6.08. The summed E-state index contributed by atoms with van der Waals surface area (Å²) in [7, 11) is 1.36. The van der Waals surface area contributed by atoms with E-state index in [4.69, 9.17) is 4.74 Å². The minimum atomic E-state index is -0.789. The minimum Gasteiger partial charge on any atom is -0.467 e. The number of benzene rings is 3. The Morgan fingerprint density at radius 2 is 1.69 bits per heavy atom. The summed E-state index contributed by atoms with van der Waals surface area (Å²) in [6, 6.07) is 20.6. The van der Waals surface area contributed by atoms with Gasteiger partial charge in [0.25, 0.3) is 5.91 Å². The van der Waals surface area contributed by atoms with E-state index in [9.17, 15) is 9.59 Å². The van der Waals surface area contributed by atoms with Gasteiger partial charge in [-0.3, -0.25) is 4.79 Å². The fourth-order valence-electron chi connectivity index (χ4n) is 4.38. The Bertz CT molecular complexity index is 1250. The third kappa shape index (κ3) is 2.70. The van der Waals surface area contributed by atoms with Crippen LogP contribution in [0, 0.1) is 0 Å². The maximum absolute atomic E-state index is 13.6. The molecule has 29 heavy (non-hydrogen) atoms. The second-order valence-electron chi connectivity index (χ2n) is 7.26.